The number of furan rings is 1. The van der Waals surface area contributed by atoms with Crippen LogP contribution in [0.1, 0.15) is 40.3 Å². The van der Waals surface area contributed by atoms with Crippen molar-refractivity contribution in [2.45, 2.75) is 38.8 Å². The molecule has 27 heavy (non-hydrogen) atoms. The number of hydrogen-bond acceptors (Lipinski definition) is 4. The van der Waals surface area contributed by atoms with E-state index in [9.17, 15) is 4.79 Å². The molecule has 0 aliphatic heterocycles. The summed E-state index contributed by atoms with van der Waals surface area (Å²) in [6.45, 7) is 1.71. The second-order valence-corrected chi connectivity index (χ2v) is 6.75. The highest BCUT2D eigenvalue weighted by Gasteiger charge is 2.13. The van der Waals surface area contributed by atoms with Crippen LogP contribution in [0.4, 0.5) is 0 Å². The molecule has 2 heterocycles. The van der Waals surface area contributed by atoms with Gasteiger partial charge in [-0.2, -0.15) is 0 Å². The number of hydrogen-bond donors (Lipinski definition) is 1. The molecule has 140 valence electrons. The smallest absolute Gasteiger partial charge is 0.286 e. The molecule has 2 aromatic heterocycles. The third-order valence-electron chi connectivity index (χ3n) is 4.77. The number of aryl methyl sites for hydroxylation is 3. The number of nitrogens with one attached hydrogen (secondary N) is 1. The maximum Gasteiger partial charge on any atom is 0.286 e. The van der Waals surface area contributed by atoms with E-state index in [0.29, 0.717) is 24.7 Å². The molecule has 0 unspecified atom stereocenters. The second-order valence-electron chi connectivity index (χ2n) is 6.75. The van der Waals surface area contributed by atoms with Crippen molar-refractivity contribution in [2.75, 3.05) is 6.54 Å². The first kappa shape index (κ1) is 17.4. The van der Waals surface area contributed by atoms with Crippen LogP contribution in [0.5, 0.6) is 5.75 Å². The van der Waals surface area contributed by atoms with Crippen LogP contribution in [0.3, 0.4) is 0 Å². The number of carbonyl (C=O) groups excluding carboxylic acids is 1. The van der Waals surface area contributed by atoms with E-state index in [2.05, 4.69) is 22.4 Å². The summed E-state index contributed by atoms with van der Waals surface area (Å²) in [4.78, 5) is 16.1. The average Bonchev–Trinajstić information content (AvgIpc) is 3.44. The van der Waals surface area contributed by atoms with Gasteiger partial charge in [-0.05, 0) is 61.1 Å². The lowest BCUT2D eigenvalue weighted by molar-refractivity contribution is 0.0921. The van der Waals surface area contributed by atoms with Crippen LogP contribution in [0.2, 0.25) is 0 Å². The Kier molecular flexibility index (Phi) is 5.23. The Labute approximate surface area is 158 Å². The Balaban J connectivity index is 1.23. The van der Waals surface area contributed by atoms with Crippen LogP contribution in [0.25, 0.3) is 0 Å². The van der Waals surface area contributed by atoms with Gasteiger partial charge in [0.1, 0.15) is 18.1 Å². The summed E-state index contributed by atoms with van der Waals surface area (Å²) in [5, 5.41) is 2.87. The zero-order valence-electron chi connectivity index (χ0n) is 15.2. The van der Waals surface area contributed by atoms with Crippen molar-refractivity contribution in [3.05, 3.63) is 71.7 Å². The average molecular weight is 365 g/mol. The van der Waals surface area contributed by atoms with Crippen molar-refractivity contribution in [1.29, 1.82) is 0 Å². The molecular formula is C21H23N3O3. The Morgan fingerprint density at radius 2 is 2.15 bits per heavy atom. The van der Waals surface area contributed by atoms with E-state index in [1.54, 1.807) is 24.7 Å². The molecule has 0 saturated heterocycles. The topological polar surface area (TPSA) is 69.3 Å². The standard InChI is InChI=1S/C21H23N3O3/c25-21(23-9-2-11-24-12-10-22-15-24)20-8-7-19(27-20)14-26-18-6-5-16-3-1-4-17(16)13-18/h5-8,10,12-13,15H,1-4,9,11,14H2,(H,23,25). The number of amides is 1. The van der Waals surface area contributed by atoms with Gasteiger partial charge in [-0.25, -0.2) is 4.98 Å². The number of nitrogens with zero attached hydrogens (tertiary/aromatic N) is 2. The summed E-state index contributed by atoms with van der Waals surface area (Å²) in [5.74, 6) is 1.59. The summed E-state index contributed by atoms with van der Waals surface area (Å²) in [7, 11) is 0. The van der Waals surface area contributed by atoms with E-state index < -0.39 is 0 Å². The van der Waals surface area contributed by atoms with E-state index in [-0.39, 0.29) is 5.91 Å². The Morgan fingerprint density at radius 1 is 1.22 bits per heavy atom. The van der Waals surface area contributed by atoms with Crippen molar-refractivity contribution in [3.8, 4) is 5.75 Å². The fraction of sp³-hybridized carbons (Fsp3) is 0.333. The van der Waals surface area contributed by atoms with Gasteiger partial charge < -0.3 is 19.0 Å². The number of imidazole rings is 1. The van der Waals surface area contributed by atoms with Crippen LogP contribution < -0.4 is 10.1 Å². The van der Waals surface area contributed by atoms with Crippen molar-refractivity contribution in [2.24, 2.45) is 0 Å². The van der Waals surface area contributed by atoms with Crippen LogP contribution in [0.15, 0.2) is 53.5 Å². The molecule has 6 heteroatoms. The summed E-state index contributed by atoms with van der Waals surface area (Å²) in [6.07, 6.45) is 9.75. The van der Waals surface area contributed by atoms with Gasteiger partial charge in [0, 0.05) is 25.5 Å². The molecule has 3 aromatic rings. The normalized spacial score (nSPS) is 12.7. The Morgan fingerprint density at radius 3 is 3.04 bits per heavy atom. The summed E-state index contributed by atoms with van der Waals surface area (Å²) in [5.41, 5.74) is 2.80. The van der Waals surface area contributed by atoms with Crippen molar-refractivity contribution in [1.82, 2.24) is 14.9 Å². The molecule has 1 N–H and O–H groups in total. The van der Waals surface area contributed by atoms with Crippen LogP contribution in [-0.2, 0) is 26.0 Å². The largest absolute Gasteiger partial charge is 0.486 e. The third-order valence-corrected chi connectivity index (χ3v) is 4.77. The molecular weight excluding hydrogens is 342 g/mol. The van der Waals surface area contributed by atoms with Gasteiger partial charge in [0.15, 0.2) is 5.76 Å². The lowest BCUT2D eigenvalue weighted by Crippen LogP contribution is -2.24. The van der Waals surface area contributed by atoms with E-state index >= 15 is 0 Å². The Hall–Kier alpha value is -3.02. The van der Waals surface area contributed by atoms with Crippen molar-refractivity contribution < 1.29 is 13.9 Å². The van der Waals surface area contributed by atoms with E-state index in [1.807, 2.05) is 16.8 Å². The van der Waals surface area contributed by atoms with Gasteiger partial charge in [0.25, 0.3) is 5.91 Å². The van der Waals surface area contributed by atoms with Crippen LogP contribution >= 0.6 is 0 Å². The lowest BCUT2D eigenvalue weighted by atomic mass is 10.1. The zero-order valence-corrected chi connectivity index (χ0v) is 15.2. The maximum absolute atomic E-state index is 12.2. The quantitative estimate of drug-likeness (QED) is 0.622. The minimum Gasteiger partial charge on any atom is -0.486 e. The highest BCUT2D eigenvalue weighted by atomic mass is 16.5. The predicted octanol–water partition coefficient (Wildman–Crippen LogP) is 3.36. The minimum absolute atomic E-state index is 0.204. The molecule has 0 spiro atoms. The molecule has 1 aliphatic carbocycles. The van der Waals surface area contributed by atoms with Gasteiger partial charge in [-0.1, -0.05) is 6.07 Å². The van der Waals surface area contributed by atoms with E-state index in [4.69, 9.17) is 9.15 Å². The molecule has 1 aromatic carbocycles. The minimum atomic E-state index is -0.204. The number of aromatic nitrogens is 2. The van der Waals surface area contributed by atoms with Gasteiger partial charge >= 0.3 is 0 Å². The number of rotatable bonds is 8. The molecule has 0 atom stereocenters. The monoisotopic (exact) mass is 365 g/mol. The van der Waals surface area contributed by atoms with Crippen molar-refractivity contribution in [3.63, 3.8) is 0 Å². The maximum atomic E-state index is 12.2. The molecule has 0 radical (unpaired) electrons. The molecule has 4 rings (SSSR count). The third kappa shape index (κ3) is 4.39. The molecule has 0 saturated carbocycles. The van der Waals surface area contributed by atoms with Gasteiger partial charge in [0.05, 0.1) is 6.33 Å². The fourth-order valence-corrected chi connectivity index (χ4v) is 3.34. The number of fused-ring (bicyclic) bond motifs is 1. The van der Waals surface area contributed by atoms with Gasteiger partial charge in [0.2, 0.25) is 0 Å². The van der Waals surface area contributed by atoms with Gasteiger partial charge in [-0.15, -0.1) is 0 Å². The summed E-state index contributed by atoms with van der Waals surface area (Å²) < 4.78 is 13.4. The molecule has 1 amide bonds. The molecule has 1 aliphatic rings. The van der Waals surface area contributed by atoms with E-state index in [1.165, 1.54) is 17.5 Å². The molecule has 0 bridgehead atoms. The van der Waals surface area contributed by atoms with Crippen LogP contribution in [-0.4, -0.2) is 22.0 Å². The first-order valence-electron chi connectivity index (χ1n) is 9.35. The first-order chi connectivity index (χ1) is 13.3. The zero-order chi connectivity index (χ0) is 18.5. The summed E-state index contributed by atoms with van der Waals surface area (Å²) >= 11 is 0. The Bertz CT molecular complexity index is 899. The number of ether oxygens (including phenoxy) is 1. The SMILES string of the molecule is O=C(NCCCn1ccnc1)c1ccc(COc2ccc3c(c2)CCC3)o1. The van der Waals surface area contributed by atoms with Gasteiger partial charge in [-0.3, -0.25) is 4.79 Å². The van der Waals surface area contributed by atoms with E-state index in [0.717, 1.165) is 31.6 Å². The predicted molar refractivity (Wildman–Crippen MR) is 101 cm³/mol. The number of benzene rings is 1. The first-order valence-corrected chi connectivity index (χ1v) is 9.35. The number of carbonyl (C=O) groups is 1. The molecule has 6 nitrogen and oxygen atoms in total. The molecule has 0 fully saturated rings. The lowest BCUT2D eigenvalue weighted by Gasteiger charge is -2.07. The fourth-order valence-electron chi connectivity index (χ4n) is 3.34. The van der Waals surface area contributed by atoms with Crippen molar-refractivity contribution >= 4 is 5.91 Å². The second kappa shape index (κ2) is 8.12. The highest BCUT2D eigenvalue weighted by Crippen LogP contribution is 2.26. The highest BCUT2D eigenvalue weighted by molar-refractivity contribution is 5.91. The van der Waals surface area contributed by atoms with Crippen LogP contribution in [0, 0.1) is 0 Å². The summed E-state index contributed by atoms with van der Waals surface area (Å²) in [6, 6.07) is 9.73.